The molecule has 0 atom stereocenters. The normalized spacial score (nSPS) is 10.8. The predicted octanol–water partition coefficient (Wildman–Crippen LogP) is 5.99. The summed E-state index contributed by atoms with van der Waals surface area (Å²) in [6, 6.07) is 22.9. The second-order valence-corrected chi connectivity index (χ2v) is 8.50. The molecule has 0 spiro atoms. The van der Waals surface area contributed by atoms with E-state index in [2.05, 4.69) is 15.5 Å². The summed E-state index contributed by atoms with van der Waals surface area (Å²) in [6.07, 6.45) is 0. The molecule has 4 aromatic rings. The fraction of sp³-hybridized carbons (Fsp3) is 0.125. The predicted molar refractivity (Wildman–Crippen MR) is 127 cm³/mol. The number of nitrogens with zero attached hydrogens (tertiary/aromatic N) is 3. The lowest BCUT2D eigenvalue weighted by atomic mass is 10.1. The van der Waals surface area contributed by atoms with Gasteiger partial charge in [0.2, 0.25) is 0 Å². The van der Waals surface area contributed by atoms with E-state index in [1.807, 2.05) is 91.3 Å². The average Bonchev–Trinajstić information content (AvgIpc) is 3.14. The van der Waals surface area contributed by atoms with Crippen molar-refractivity contribution >= 4 is 35.0 Å². The third-order valence-corrected chi connectivity index (χ3v) is 6.28. The van der Waals surface area contributed by atoms with E-state index in [1.54, 1.807) is 11.8 Å². The van der Waals surface area contributed by atoms with Crippen LogP contribution in [0.2, 0.25) is 5.02 Å². The lowest BCUT2D eigenvalue weighted by Gasteiger charge is -2.08. The Hall–Kier alpha value is -3.09. The zero-order valence-electron chi connectivity index (χ0n) is 17.2. The molecule has 0 aliphatic heterocycles. The quantitative estimate of drug-likeness (QED) is 0.368. The molecule has 7 heteroatoms. The SMILES string of the molecule is Cc1ccc(C(=O)Nc2cccc(-c3nnc(SCc4ccccc4Cl)n3C)c2)cc1. The monoisotopic (exact) mass is 448 g/mol. The molecular weight excluding hydrogens is 428 g/mol. The van der Waals surface area contributed by atoms with Crippen LogP contribution in [0.5, 0.6) is 0 Å². The Morgan fingerprint density at radius 2 is 1.81 bits per heavy atom. The molecule has 1 heterocycles. The Labute approximate surface area is 190 Å². The second kappa shape index (κ2) is 9.37. The number of nitrogens with one attached hydrogen (secondary N) is 1. The minimum atomic E-state index is -0.147. The fourth-order valence-electron chi connectivity index (χ4n) is 3.09. The van der Waals surface area contributed by atoms with Gasteiger partial charge in [-0.2, -0.15) is 0 Å². The molecule has 0 radical (unpaired) electrons. The van der Waals surface area contributed by atoms with E-state index in [9.17, 15) is 4.79 Å². The van der Waals surface area contributed by atoms with E-state index in [0.29, 0.717) is 17.0 Å². The van der Waals surface area contributed by atoms with Crippen LogP contribution in [0.4, 0.5) is 5.69 Å². The summed E-state index contributed by atoms with van der Waals surface area (Å²) in [5.41, 5.74) is 4.37. The van der Waals surface area contributed by atoms with Gasteiger partial charge in [0, 0.05) is 34.6 Å². The largest absolute Gasteiger partial charge is 0.322 e. The van der Waals surface area contributed by atoms with Crippen molar-refractivity contribution in [2.24, 2.45) is 7.05 Å². The van der Waals surface area contributed by atoms with Crippen LogP contribution in [0.1, 0.15) is 21.5 Å². The van der Waals surface area contributed by atoms with Crippen molar-refractivity contribution in [3.63, 3.8) is 0 Å². The van der Waals surface area contributed by atoms with Crippen molar-refractivity contribution in [1.82, 2.24) is 14.8 Å². The molecule has 0 saturated carbocycles. The molecule has 0 unspecified atom stereocenters. The number of aryl methyl sites for hydroxylation is 1. The summed E-state index contributed by atoms with van der Waals surface area (Å²) < 4.78 is 1.95. The number of carbonyl (C=O) groups excluding carboxylic acids is 1. The summed E-state index contributed by atoms with van der Waals surface area (Å²) in [7, 11) is 1.93. The number of hydrogen-bond donors (Lipinski definition) is 1. The van der Waals surface area contributed by atoms with Gasteiger partial charge >= 0.3 is 0 Å². The molecule has 156 valence electrons. The fourth-order valence-corrected chi connectivity index (χ4v) is 4.29. The number of hydrogen-bond acceptors (Lipinski definition) is 4. The van der Waals surface area contributed by atoms with Gasteiger partial charge in [0.05, 0.1) is 0 Å². The Bertz CT molecular complexity index is 1220. The highest BCUT2D eigenvalue weighted by Crippen LogP contribution is 2.28. The number of thioether (sulfide) groups is 1. The summed E-state index contributed by atoms with van der Waals surface area (Å²) in [5, 5.41) is 13.2. The smallest absolute Gasteiger partial charge is 0.255 e. The van der Waals surface area contributed by atoms with Crippen LogP contribution in [0.15, 0.2) is 78.0 Å². The van der Waals surface area contributed by atoms with Gasteiger partial charge in [0.25, 0.3) is 5.91 Å². The summed E-state index contributed by atoms with van der Waals surface area (Å²) in [6.45, 7) is 1.99. The molecule has 31 heavy (non-hydrogen) atoms. The van der Waals surface area contributed by atoms with Crippen molar-refractivity contribution in [3.8, 4) is 11.4 Å². The molecule has 1 aromatic heterocycles. The Kier molecular flexibility index (Phi) is 6.39. The molecule has 0 aliphatic rings. The lowest BCUT2D eigenvalue weighted by Crippen LogP contribution is -2.11. The number of rotatable bonds is 6. The van der Waals surface area contributed by atoms with E-state index in [1.165, 1.54) is 0 Å². The zero-order valence-corrected chi connectivity index (χ0v) is 18.7. The van der Waals surface area contributed by atoms with Crippen LogP contribution in [-0.4, -0.2) is 20.7 Å². The van der Waals surface area contributed by atoms with Gasteiger partial charge in [0.1, 0.15) is 0 Å². The van der Waals surface area contributed by atoms with Gasteiger partial charge < -0.3 is 9.88 Å². The highest BCUT2D eigenvalue weighted by atomic mass is 35.5. The van der Waals surface area contributed by atoms with E-state index < -0.39 is 0 Å². The molecule has 0 aliphatic carbocycles. The standard InChI is InChI=1S/C24H21ClN4OS/c1-16-10-12-17(13-11-16)23(30)26-20-8-5-7-18(14-20)22-27-28-24(29(22)2)31-15-19-6-3-4-9-21(19)25/h3-14H,15H2,1-2H3,(H,26,30). The molecule has 1 amide bonds. The highest BCUT2D eigenvalue weighted by Gasteiger charge is 2.13. The maximum atomic E-state index is 12.5. The maximum absolute atomic E-state index is 12.5. The van der Waals surface area contributed by atoms with Crippen LogP contribution in [0.3, 0.4) is 0 Å². The van der Waals surface area contributed by atoms with Crippen molar-refractivity contribution in [1.29, 1.82) is 0 Å². The van der Waals surface area contributed by atoms with E-state index in [0.717, 1.165) is 32.7 Å². The molecule has 4 rings (SSSR count). The van der Waals surface area contributed by atoms with Crippen LogP contribution in [-0.2, 0) is 12.8 Å². The highest BCUT2D eigenvalue weighted by molar-refractivity contribution is 7.98. The van der Waals surface area contributed by atoms with E-state index in [4.69, 9.17) is 11.6 Å². The van der Waals surface area contributed by atoms with Crippen molar-refractivity contribution < 1.29 is 4.79 Å². The van der Waals surface area contributed by atoms with Crippen molar-refractivity contribution in [2.75, 3.05) is 5.32 Å². The van der Waals surface area contributed by atoms with Gasteiger partial charge in [-0.05, 0) is 42.8 Å². The minimum absolute atomic E-state index is 0.147. The number of anilines is 1. The zero-order chi connectivity index (χ0) is 21.8. The number of carbonyl (C=O) groups is 1. The lowest BCUT2D eigenvalue weighted by molar-refractivity contribution is 0.102. The molecule has 0 fully saturated rings. The van der Waals surface area contributed by atoms with Crippen LogP contribution < -0.4 is 5.32 Å². The van der Waals surface area contributed by atoms with Crippen molar-refractivity contribution in [3.05, 3.63) is 94.5 Å². The van der Waals surface area contributed by atoms with E-state index in [-0.39, 0.29) is 5.91 Å². The topological polar surface area (TPSA) is 59.8 Å². The molecule has 0 bridgehead atoms. The number of aromatic nitrogens is 3. The van der Waals surface area contributed by atoms with Crippen LogP contribution in [0, 0.1) is 6.92 Å². The van der Waals surface area contributed by atoms with Gasteiger partial charge in [-0.25, -0.2) is 0 Å². The summed E-state index contributed by atoms with van der Waals surface area (Å²) in [4.78, 5) is 12.5. The number of amides is 1. The van der Waals surface area contributed by atoms with Gasteiger partial charge in [-0.1, -0.05) is 71.4 Å². The first kappa shape index (κ1) is 21.2. The second-order valence-electron chi connectivity index (χ2n) is 7.15. The molecule has 3 aromatic carbocycles. The van der Waals surface area contributed by atoms with Gasteiger partial charge in [-0.15, -0.1) is 10.2 Å². The van der Waals surface area contributed by atoms with E-state index >= 15 is 0 Å². The Morgan fingerprint density at radius 3 is 2.58 bits per heavy atom. The van der Waals surface area contributed by atoms with Gasteiger partial charge in [-0.3, -0.25) is 4.79 Å². The third kappa shape index (κ3) is 4.98. The first-order valence-corrected chi connectivity index (χ1v) is 11.1. The third-order valence-electron chi connectivity index (χ3n) is 4.84. The van der Waals surface area contributed by atoms with Gasteiger partial charge in [0.15, 0.2) is 11.0 Å². The average molecular weight is 449 g/mol. The first-order chi connectivity index (χ1) is 15.0. The van der Waals surface area contributed by atoms with Crippen molar-refractivity contribution in [2.45, 2.75) is 17.8 Å². The Morgan fingerprint density at radius 1 is 1.03 bits per heavy atom. The number of halogens is 1. The van der Waals surface area contributed by atoms with Crippen LogP contribution >= 0.6 is 23.4 Å². The minimum Gasteiger partial charge on any atom is -0.322 e. The first-order valence-electron chi connectivity index (χ1n) is 9.75. The summed E-state index contributed by atoms with van der Waals surface area (Å²) in [5.74, 6) is 1.29. The maximum Gasteiger partial charge on any atom is 0.255 e. The Balaban J connectivity index is 1.49. The molecule has 1 N–H and O–H groups in total. The van der Waals surface area contributed by atoms with Crippen LogP contribution in [0.25, 0.3) is 11.4 Å². The molecular formula is C24H21ClN4OS. The molecule has 5 nitrogen and oxygen atoms in total. The number of benzene rings is 3. The summed E-state index contributed by atoms with van der Waals surface area (Å²) >= 11 is 7.83. The molecule has 0 saturated heterocycles.